The van der Waals surface area contributed by atoms with Gasteiger partial charge < -0.3 is 10.2 Å². The zero-order valence-corrected chi connectivity index (χ0v) is 10.4. The summed E-state index contributed by atoms with van der Waals surface area (Å²) < 4.78 is 24.5. The molecule has 0 spiro atoms. The first-order valence-corrected chi connectivity index (χ1v) is 5.44. The largest absolute Gasteiger partial charge is 0.505 e. The maximum Gasteiger partial charge on any atom is 0.166 e. The van der Waals surface area contributed by atoms with Gasteiger partial charge in [0.2, 0.25) is 0 Å². The predicted molar refractivity (Wildman–Crippen MR) is 66.1 cm³/mol. The molecule has 18 heavy (non-hydrogen) atoms. The van der Waals surface area contributed by atoms with E-state index in [1.54, 1.807) is 0 Å². The molecule has 0 fully saturated rings. The number of hydrogen-bond acceptors (Lipinski definition) is 2. The van der Waals surface area contributed by atoms with Crippen molar-refractivity contribution in [2.45, 2.75) is 0 Å². The Morgan fingerprint density at radius 1 is 0.722 bits per heavy atom. The van der Waals surface area contributed by atoms with Crippen LogP contribution < -0.4 is 0 Å². The molecule has 2 nitrogen and oxygen atoms in total. The molecule has 0 unspecified atom stereocenters. The summed E-state index contributed by atoms with van der Waals surface area (Å²) in [6.45, 7) is 0. The second-order valence-electron chi connectivity index (χ2n) is 3.19. The highest BCUT2D eigenvalue weighted by Crippen LogP contribution is 2.19. The minimum Gasteiger partial charge on any atom is -0.505 e. The van der Waals surface area contributed by atoms with Gasteiger partial charge in [0, 0.05) is 10.0 Å². The Labute approximate surface area is 112 Å². The van der Waals surface area contributed by atoms with Crippen molar-refractivity contribution >= 4 is 23.2 Å². The van der Waals surface area contributed by atoms with Gasteiger partial charge in [-0.3, -0.25) is 0 Å². The highest BCUT2D eigenvalue weighted by atomic mass is 35.5. The number of rotatable bonds is 0. The third kappa shape index (κ3) is 4.39. The van der Waals surface area contributed by atoms with Gasteiger partial charge in [-0.1, -0.05) is 23.2 Å². The molecule has 0 saturated heterocycles. The second kappa shape index (κ2) is 6.42. The highest BCUT2D eigenvalue weighted by molar-refractivity contribution is 6.30. The zero-order chi connectivity index (χ0) is 13.7. The van der Waals surface area contributed by atoms with Crippen molar-refractivity contribution in [1.82, 2.24) is 0 Å². The Kier molecular flexibility index (Phi) is 5.19. The summed E-state index contributed by atoms with van der Waals surface area (Å²) in [5, 5.41) is 17.8. The van der Waals surface area contributed by atoms with Crippen LogP contribution in [0.25, 0.3) is 0 Å². The standard InChI is InChI=1S/2C6H4ClFO/c2*7-4-1-2-6(9)5(8)3-4/h2*1-3,9H. The van der Waals surface area contributed by atoms with Crippen LogP contribution in [0.2, 0.25) is 10.0 Å². The van der Waals surface area contributed by atoms with Gasteiger partial charge in [-0.05, 0) is 36.4 Å². The maximum atomic E-state index is 12.2. The van der Waals surface area contributed by atoms with Crippen molar-refractivity contribution in [1.29, 1.82) is 0 Å². The average molecular weight is 293 g/mol. The van der Waals surface area contributed by atoms with Gasteiger partial charge in [0.05, 0.1) is 0 Å². The molecule has 0 bridgehead atoms. The summed E-state index contributed by atoms with van der Waals surface area (Å²) in [6.07, 6.45) is 0. The van der Waals surface area contributed by atoms with Gasteiger partial charge in [-0.15, -0.1) is 0 Å². The van der Waals surface area contributed by atoms with E-state index in [4.69, 9.17) is 33.4 Å². The molecular formula is C12H8Cl2F2O2. The lowest BCUT2D eigenvalue weighted by Crippen LogP contribution is -1.73. The van der Waals surface area contributed by atoms with E-state index in [-0.39, 0.29) is 21.5 Å². The second-order valence-corrected chi connectivity index (χ2v) is 4.06. The first-order chi connectivity index (χ1) is 8.40. The molecule has 2 aromatic carbocycles. The van der Waals surface area contributed by atoms with Crippen LogP contribution in [-0.2, 0) is 0 Å². The Bertz CT molecular complexity index is 498. The lowest BCUT2D eigenvalue weighted by atomic mass is 10.3. The van der Waals surface area contributed by atoms with Crippen molar-refractivity contribution in [2.24, 2.45) is 0 Å². The third-order valence-electron chi connectivity index (χ3n) is 1.82. The van der Waals surface area contributed by atoms with Gasteiger partial charge in [0.15, 0.2) is 23.1 Å². The fourth-order valence-electron chi connectivity index (χ4n) is 0.963. The maximum absolute atomic E-state index is 12.2. The van der Waals surface area contributed by atoms with Gasteiger partial charge in [0.1, 0.15) is 0 Å². The van der Waals surface area contributed by atoms with E-state index in [9.17, 15) is 8.78 Å². The Balaban J connectivity index is 0.000000180. The quantitative estimate of drug-likeness (QED) is 0.757. The highest BCUT2D eigenvalue weighted by Gasteiger charge is 1.98. The number of benzene rings is 2. The van der Waals surface area contributed by atoms with Gasteiger partial charge in [-0.25, -0.2) is 8.78 Å². The van der Waals surface area contributed by atoms with Crippen molar-refractivity contribution < 1.29 is 19.0 Å². The SMILES string of the molecule is Oc1ccc(Cl)cc1F.Oc1ccc(Cl)cc1F. The van der Waals surface area contributed by atoms with Crippen molar-refractivity contribution in [3.63, 3.8) is 0 Å². The number of phenolic OH excluding ortho intramolecular Hbond substituents is 2. The van der Waals surface area contributed by atoms with Crippen LogP contribution in [0.1, 0.15) is 0 Å². The summed E-state index contributed by atoms with van der Waals surface area (Å²) in [7, 11) is 0. The number of hydrogen-bond donors (Lipinski definition) is 2. The first kappa shape index (κ1) is 14.5. The zero-order valence-electron chi connectivity index (χ0n) is 8.87. The normalized spacial score (nSPS) is 9.56. The van der Waals surface area contributed by atoms with E-state index in [2.05, 4.69) is 0 Å². The third-order valence-corrected chi connectivity index (χ3v) is 2.29. The number of phenols is 2. The number of aromatic hydroxyl groups is 2. The molecule has 0 aliphatic rings. The fraction of sp³-hybridized carbons (Fsp3) is 0. The molecule has 96 valence electrons. The minimum absolute atomic E-state index is 0.283. The fourth-order valence-corrected chi connectivity index (χ4v) is 1.28. The summed E-state index contributed by atoms with van der Waals surface area (Å²) >= 11 is 10.7. The lowest BCUT2D eigenvalue weighted by molar-refractivity contribution is 0.432. The molecule has 2 rings (SSSR count). The molecule has 0 atom stereocenters. The smallest absolute Gasteiger partial charge is 0.166 e. The first-order valence-electron chi connectivity index (χ1n) is 4.68. The molecule has 0 radical (unpaired) electrons. The van der Waals surface area contributed by atoms with Crippen molar-refractivity contribution in [3.05, 3.63) is 58.1 Å². The van der Waals surface area contributed by atoms with Crippen LogP contribution in [0.5, 0.6) is 11.5 Å². The Morgan fingerprint density at radius 3 is 1.28 bits per heavy atom. The Morgan fingerprint density at radius 2 is 1.06 bits per heavy atom. The molecule has 0 aliphatic carbocycles. The molecular weight excluding hydrogens is 285 g/mol. The van der Waals surface area contributed by atoms with Crippen LogP contribution in [-0.4, -0.2) is 10.2 Å². The van der Waals surface area contributed by atoms with Crippen LogP contribution in [0.3, 0.4) is 0 Å². The molecule has 2 N–H and O–H groups in total. The van der Waals surface area contributed by atoms with E-state index in [1.165, 1.54) is 24.3 Å². The van der Waals surface area contributed by atoms with Gasteiger partial charge in [-0.2, -0.15) is 0 Å². The minimum atomic E-state index is -0.692. The predicted octanol–water partition coefficient (Wildman–Crippen LogP) is 4.37. The Hall–Kier alpha value is -1.52. The molecule has 0 saturated carbocycles. The van der Waals surface area contributed by atoms with E-state index >= 15 is 0 Å². The average Bonchev–Trinajstić information content (AvgIpc) is 2.30. The summed E-state index contributed by atoms with van der Waals surface area (Å²) in [5.74, 6) is -2.14. The molecule has 0 aromatic heterocycles. The number of halogens is 4. The van der Waals surface area contributed by atoms with Crippen LogP contribution in [0.4, 0.5) is 8.78 Å². The van der Waals surface area contributed by atoms with Crippen LogP contribution in [0.15, 0.2) is 36.4 Å². The molecule has 0 aliphatic heterocycles. The summed E-state index contributed by atoms with van der Waals surface area (Å²) in [6, 6.07) is 7.35. The lowest BCUT2D eigenvalue weighted by Gasteiger charge is -1.92. The van der Waals surface area contributed by atoms with E-state index in [0.29, 0.717) is 0 Å². The molecule has 2 aromatic rings. The van der Waals surface area contributed by atoms with E-state index in [0.717, 1.165) is 12.1 Å². The molecule has 0 heterocycles. The van der Waals surface area contributed by atoms with Crippen molar-refractivity contribution in [3.8, 4) is 11.5 Å². The van der Waals surface area contributed by atoms with Crippen LogP contribution >= 0.6 is 23.2 Å². The van der Waals surface area contributed by atoms with Gasteiger partial charge >= 0.3 is 0 Å². The summed E-state index contributed by atoms with van der Waals surface area (Å²) in [5.41, 5.74) is 0. The topological polar surface area (TPSA) is 40.5 Å². The van der Waals surface area contributed by atoms with E-state index < -0.39 is 11.6 Å². The van der Waals surface area contributed by atoms with Crippen LogP contribution in [0, 0.1) is 11.6 Å². The molecule has 6 heteroatoms. The van der Waals surface area contributed by atoms with E-state index in [1.807, 2.05) is 0 Å². The van der Waals surface area contributed by atoms with Crippen molar-refractivity contribution in [2.75, 3.05) is 0 Å². The summed E-state index contributed by atoms with van der Waals surface area (Å²) in [4.78, 5) is 0. The monoisotopic (exact) mass is 292 g/mol. The van der Waals surface area contributed by atoms with Gasteiger partial charge in [0.25, 0.3) is 0 Å². The molecule has 0 amide bonds.